The molecule has 3 heteroatoms. The van der Waals surface area contributed by atoms with Crippen molar-refractivity contribution < 1.29 is 15.0 Å². The highest BCUT2D eigenvalue weighted by molar-refractivity contribution is 5.99. The van der Waals surface area contributed by atoms with E-state index in [0.29, 0.717) is 18.8 Å². The van der Waals surface area contributed by atoms with Crippen LogP contribution in [0.15, 0.2) is 18.2 Å². The fourth-order valence-corrected chi connectivity index (χ4v) is 4.94. The molecule has 0 amide bonds. The van der Waals surface area contributed by atoms with Gasteiger partial charge in [-0.3, -0.25) is 4.79 Å². The van der Waals surface area contributed by atoms with E-state index in [1.807, 2.05) is 19.9 Å². The van der Waals surface area contributed by atoms with Gasteiger partial charge in [0.15, 0.2) is 5.78 Å². The first-order valence-electron chi connectivity index (χ1n) is 8.62. The van der Waals surface area contributed by atoms with Crippen LogP contribution < -0.4 is 0 Å². The molecule has 0 aromatic heterocycles. The number of rotatable bonds is 1. The average molecular weight is 316 g/mol. The Labute approximate surface area is 138 Å². The van der Waals surface area contributed by atoms with Crippen LogP contribution in [-0.2, 0) is 5.41 Å². The van der Waals surface area contributed by atoms with E-state index in [9.17, 15) is 15.0 Å². The average Bonchev–Trinajstić information content (AvgIpc) is 2.48. The molecule has 1 aromatic carbocycles. The van der Waals surface area contributed by atoms with Crippen LogP contribution in [0.3, 0.4) is 0 Å². The highest BCUT2D eigenvalue weighted by Crippen LogP contribution is 2.57. The fourth-order valence-electron chi connectivity index (χ4n) is 4.94. The highest BCUT2D eigenvalue weighted by Gasteiger charge is 2.58. The Kier molecular flexibility index (Phi) is 3.73. The third-order valence-electron chi connectivity index (χ3n) is 6.44. The van der Waals surface area contributed by atoms with Crippen LogP contribution in [0.4, 0.5) is 0 Å². The number of hydrogen-bond acceptors (Lipinski definition) is 3. The molecule has 0 unspecified atom stereocenters. The van der Waals surface area contributed by atoms with Crippen LogP contribution in [0, 0.1) is 11.3 Å². The van der Waals surface area contributed by atoms with E-state index in [1.54, 1.807) is 0 Å². The number of aliphatic hydroxyl groups excluding tert-OH is 2. The van der Waals surface area contributed by atoms with Gasteiger partial charge in [-0.15, -0.1) is 0 Å². The van der Waals surface area contributed by atoms with Crippen molar-refractivity contribution in [2.24, 2.45) is 11.3 Å². The maximum absolute atomic E-state index is 12.8. The Hall–Kier alpha value is -1.19. The zero-order valence-corrected chi connectivity index (χ0v) is 14.8. The molecule has 3 nitrogen and oxygen atoms in total. The van der Waals surface area contributed by atoms with Gasteiger partial charge in [0.2, 0.25) is 0 Å². The lowest BCUT2D eigenvalue weighted by atomic mass is 9.48. The predicted octanol–water partition coefficient (Wildman–Crippen LogP) is 3.42. The molecular weight excluding hydrogens is 288 g/mol. The first-order valence-corrected chi connectivity index (χ1v) is 8.62. The molecule has 23 heavy (non-hydrogen) atoms. The van der Waals surface area contributed by atoms with Crippen LogP contribution in [-0.4, -0.2) is 28.2 Å². The summed E-state index contributed by atoms with van der Waals surface area (Å²) in [6.45, 7) is 10.4. The van der Waals surface area contributed by atoms with Gasteiger partial charge >= 0.3 is 0 Å². The number of benzene rings is 1. The van der Waals surface area contributed by atoms with Gasteiger partial charge in [0, 0.05) is 12.0 Å². The number of carbonyl (C=O) groups excluding carboxylic acids is 1. The van der Waals surface area contributed by atoms with Crippen molar-refractivity contribution in [1.29, 1.82) is 0 Å². The van der Waals surface area contributed by atoms with Crippen molar-refractivity contribution in [2.75, 3.05) is 0 Å². The van der Waals surface area contributed by atoms with Crippen molar-refractivity contribution in [3.8, 4) is 0 Å². The second-order valence-corrected chi connectivity index (χ2v) is 8.59. The number of fused-ring (bicyclic) bond motifs is 3. The molecule has 0 aliphatic heterocycles. The lowest BCUT2D eigenvalue weighted by molar-refractivity contribution is -0.138. The molecule has 0 heterocycles. The maximum Gasteiger partial charge on any atom is 0.163 e. The quantitative estimate of drug-likeness (QED) is 0.834. The number of aliphatic hydroxyl groups is 2. The van der Waals surface area contributed by atoms with E-state index in [-0.39, 0.29) is 17.1 Å². The molecular formula is C20H28O3. The smallest absolute Gasteiger partial charge is 0.163 e. The van der Waals surface area contributed by atoms with Crippen LogP contribution in [0.2, 0.25) is 0 Å². The summed E-state index contributed by atoms with van der Waals surface area (Å²) in [5.41, 5.74) is 2.27. The van der Waals surface area contributed by atoms with Gasteiger partial charge in [-0.1, -0.05) is 46.8 Å². The second kappa shape index (κ2) is 5.15. The van der Waals surface area contributed by atoms with Crippen molar-refractivity contribution in [3.05, 3.63) is 34.9 Å². The van der Waals surface area contributed by atoms with E-state index in [0.717, 1.165) is 11.1 Å². The molecule has 1 fully saturated rings. The highest BCUT2D eigenvalue weighted by atomic mass is 16.3. The first-order chi connectivity index (χ1) is 10.6. The molecule has 0 saturated heterocycles. The van der Waals surface area contributed by atoms with E-state index < -0.39 is 17.6 Å². The largest absolute Gasteiger partial charge is 0.390 e. The lowest BCUT2D eigenvalue weighted by Gasteiger charge is -2.57. The molecule has 3 rings (SSSR count). The lowest BCUT2D eigenvalue weighted by Crippen LogP contribution is -2.60. The second-order valence-electron chi connectivity index (χ2n) is 8.59. The Morgan fingerprint density at radius 1 is 1.17 bits per heavy atom. The SMILES string of the molecule is CC(C)c1ccc2c(c1)C(=O)C[C@@H]1C(C)(C)[C@H](O)[C@@H](O)C[C@@]21C. The molecule has 2 N–H and O–H groups in total. The van der Waals surface area contributed by atoms with Crippen molar-refractivity contribution in [3.63, 3.8) is 0 Å². The van der Waals surface area contributed by atoms with Crippen molar-refractivity contribution in [2.45, 2.75) is 71.0 Å². The number of ketones is 1. The Balaban J connectivity index is 2.17. The van der Waals surface area contributed by atoms with Gasteiger partial charge in [-0.25, -0.2) is 0 Å². The van der Waals surface area contributed by atoms with Crippen LogP contribution in [0.5, 0.6) is 0 Å². The number of carbonyl (C=O) groups is 1. The summed E-state index contributed by atoms with van der Waals surface area (Å²) in [6, 6.07) is 6.22. The zero-order chi connectivity index (χ0) is 17.2. The summed E-state index contributed by atoms with van der Waals surface area (Å²) in [5.74, 6) is 0.591. The number of Topliss-reactive ketones (excluding diaryl/α,β-unsaturated/α-hetero) is 1. The summed E-state index contributed by atoms with van der Waals surface area (Å²) in [6.07, 6.45) is -0.590. The van der Waals surface area contributed by atoms with Crippen molar-refractivity contribution in [1.82, 2.24) is 0 Å². The van der Waals surface area contributed by atoms with Gasteiger partial charge in [0.25, 0.3) is 0 Å². The molecule has 0 radical (unpaired) electrons. The summed E-state index contributed by atoms with van der Waals surface area (Å²) in [5, 5.41) is 20.9. The van der Waals surface area contributed by atoms with Gasteiger partial charge < -0.3 is 10.2 Å². The summed E-state index contributed by atoms with van der Waals surface area (Å²) in [4.78, 5) is 12.8. The standard InChI is InChI=1S/C20H28O3/c1-11(2)12-6-7-14-13(8-12)15(21)9-17-19(3,4)18(23)16(22)10-20(14,17)5/h6-8,11,16-18,22-23H,9-10H2,1-5H3/t16-,17+,18+,20-/m0/s1. The van der Waals surface area contributed by atoms with Crippen molar-refractivity contribution >= 4 is 5.78 Å². The Morgan fingerprint density at radius 2 is 1.83 bits per heavy atom. The Morgan fingerprint density at radius 3 is 2.43 bits per heavy atom. The molecule has 4 atom stereocenters. The molecule has 0 bridgehead atoms. The monoisotopic (exact) mass is 316 g/mol. The molecule has 0 spiro atoms. The third-order valence-corrected chi connectivity index (χ3v) is 6.44. The molecule has 126 valence electrons. The summed E-state index contributed by atoms with van der Waals surface area (Å²) >= 11 is 0. The first kappa shape index (κ1) is 16.7. The molecule has 2 aliphatic rings. The minimum atomic E-state index is -0.787. The van der Waals surface area contributed by atoms with E-state index in [4.69, 9.17) is 0 Å². The number of hydrogen-bond donors (Lipinski definition) is 2. The minimum Gasteiger partial charge on any atom is -0.390 e. The summed E-state index contributed by atoms with van der Waals surface area (Å²) < 4.78 is 0. The van der Waals surface area contributed by atoms with Crippen LogP contribution in [0.25, 0.3) is 0 Å². The normalized spacial score (nSPS) is 35.8. The van der Waals surface area contributed by atoms with E-state index >= 15 is 0 Å². The molecule has 1 aromatic rings. The molecule has 1 saturated carbocycles. The third kappa shape index (κ3) is 2.28. The van der Waals surface area contributed by atoms with Crippen LogP contribution in [0.1, 0.15) is 74.9 Å². The van der Waals surface area contributed by atoms with E-state index in [1.165, 1.54) is 5.56 Å². The fraction of sp³-hybridized carbons (Fsp3) is 0.650. The summed E-state index contributed by atoms with van der Waals surface area (Å²) in [7, 11) is 0. The maximum atomic E-state index is 12.8. The van der Waals surface area contributed by atoms with Gasteiger partial charge in [0.05, 0.1) is 12.2 Å². The van der Waals surface area contributed by atoms with Gasteiger partial charge in [-0.05, 0) is 46.3 Å². The Bertz CT molecular complexity index is 646. The molecule has 2 aliphatic carbocycles. The predicted molar refractivity (Wildman–Crippen MR) is 90.7 cm³/mol. The zero-order valence-electron chi connectivity index (χ0n) is 14.8. The topological polar surface area (TPSA) is 57.5 Å². The van der Waals surface area contributed by atoms with Gasteiger partial charge in [0.1, 0.15) is 0 Å². The minimum absolute atomic E-state index is 0.0401. The van der Waals surface area contributed by atoms with E-state index in [2.05, 4.69) is 32.9 Å². The van der Waals surface area contributed by atoms with Crippen LogP contribution >= 0.6 is 0 Å². The van der Waals surface area contributed by atoms with Gasteiger partial charge in [-0.2, -0.15) is 0 Å².